The summed E-state index contributed by atoms with van der Waals surface area (Å²) in [5.74, 6) is 1.83. The Balaban J connectivity index is 0.990. The molecule has 4 aromatic heterocycles. The molecule has 0 atom stereocenters. The molecule has 0 radical (unpaired) electrons. The maximum absolute atomic E-state index is 6.32. The smallest absolute Gasteiger partial charge is 0.229 e. The number of furan rings is 1. The van der Waals surface area contributed by atoms with Crippen LogP contribution in [0.3, 0.4) is 0 Å². The van der Waals surface area contributed by atoms with Crippen LogP contribution in [-0.2, 0) is 0 Å². The van der Waals surface area contributed by atoms with Crippen molar-refractivity contribution >= 4 is 22.2 Å². The molecule has 0 saturated heterocycles. The van der Waals surface area contributed by atoms with Crippen molar-refractivity contribution in [2.45, 2.75) is 0 Å². The zero-order chi connectivity index (χ0) is 36.6. The second kappa shape index (κ2) is 13.7. The summed E-state index contributed by atoms with van der Waals surface area (Å²) in [5.41, 5.74) is 12.7. The molecule has 0 amide bonds. The summed E-state index contributed by atoms with van der Waals surface area (Å²) in [6.45, 7) is 0. The first-order valence-electron chi connectivity index (χ1n) is 18.0. The van der Waals surface area contributed by atoms with Crippen LogP contribution in [0.15, 0.2) is 187 Å². The number of nitrogens with zero attached hydrogens (tertiary/aromatic N) is 6. The average Bonchev–Trinajstić information content (AvgIpc) is 3.66. The van der Waals surface area contributed by atoms with Gasteiger partial charge < -0.3 is 4.42 Å². The molecule has 4 heterocycles. The highest BCUT2D eigenvalue weighted by Crippen LogP contribution is 2.36. The van der Waals surface area contributed by atoms with E-state index in [0.717, 1.165) is 72.2 Å². The van der Waals surface area contributed by atoms with E-state index in [2.05, 4.69) is 88.8 Å². The lowest BCUT2D eigenvalue weighted by molar-refractivity contribution is 0.652. The minimum Gasteiger partial charge on any atom is -0.434 e. The Kier molecular flexibility index (Phi) is 8.00. The molecule has 7 heteroatoms. The predicted molar refractivity (Wildman–Crippen MR) is 219 cm³/mol. The van der Waals surface area contributed by atoms with Crippen LogP contribution in [0.25, 0.3) is 101 Å². The second-order valence-electron chi connectivity index (χ2n) is 13.2. The molecule has 0 spiro atoms. The number of hydrogen-bond acceptors (Lipinski definition) is 7. The summed E-state index contributed by atoms with van der Waals surface area (Å²) in [6, 6.07) is 57.6. The van der Waals surface area contributed by atoms with E-state index in [4.69, 9.17) is 24.4 Å². The lowest BCUT2D eigenvalue weighted by Gasteiger charge is -2.10. The van der Waals surface area contributed by atoms with E-state index >= 15 is 0 Å². The van der Waals surface area contributed by atoms with Gasteiger partial charge in [0.2, 0.25) is 5.71 Å². The molecule has 0 bridgehead atoms. The SMILES string of the molecule is c1ccc(-c2ccc(-c3nc(-c4ccccc4)nc(-c4ccc(-c5cnc6oc7c(-c8cccc(-c9ccccc9)c8)ncnc7c6c5)cc4)n3)cc2)cc1. The van der Waals surface area contributed by atoms with E-state index in [0.29, 0.717) is 28.8 Å². The van der Waals surface area contributed by atoms with Gasteiger partial charge in [-0.25, -0.2) is 29.9 Å². The Bertz CT molecular complexity index is 2950. The molecular weight excluding hydrogens is 677 g/mol. The normalized spacial score (nSPS) is 11.3. The Morgan fingerprint density at radius 1 is 0.345 bits per heavy atom. The molecule has 10 aromatic rings. The monoisotopic (exact) mass is 706 g/mol. The lowest BCUT2D eigenvalue weighted by atomic mass is 10.0. The fraction of sp³-hybridized carbons (Fsp3) is 0. The largest absolute Gasteiger partial charge is 0.434 e. The summed E-state index contributed by atoms with van der Waals surface area (Å²) < 4.78 is 6.32. The molecule has 0 saturated carbocycles. The molecule has 55 heavy (non-hydrogen) atoms. The van der Waals surface area contributed by atoms with Crippen LogP contribution in [0.2, 0.25) is 0 Å². The Hall–Kier alpha value is -7.64. The summed E-state index contributed by atoms with van der Waals surface area (Å²) in [5, 5.41) is 0.826. The first kappa shape index (κ1) is 32.0. The van der Waals surface area contributed by atoms with Crippen LogP contribution in [0.1, 0.15) is 0 Å². The molecule has 0 aliphatic heterocycles. The number of rotatable bonds is 7. The third-order valence-corrected chi connectivity index (χ3v) is 9.75. The van der Waals surface area contributed by atoms with Crippen molar-refractivity contribution in [1.29, 1.82) is 0 Å². The lowest BCUT2D eigenvalue weighted by Crippen LogP contribution is -2.00. The van der Waals surface area contributed by atoms with Gasteiger partial charge in [0.1, 0.15) is 17.5 Å². The van der Waals surface area contributed by atoms with Crippen LogP contribution >= 0.6 is 0 Å². The molecule has 0 aliphatic rings. The highest BCUT2D eigenvalue weighted by molar-refractivity contribution is 6.06. The van der Waals surface area contributed by atoms with Crippen molar-refractivity contribution in [3.05, 3.63) is 182 Å². The Morgan fingerprint density at radius 2 is 0.800 bits per heavy atom. The summed E-state index contributed by atoms with van der Waals surface area (Å²) in [7, 11) is 0. The minimum atomic E-state index is 0.513. The van der Waals surface area contributed by atoms with Crippen molar-refractivity contribution in [3.63, 3.8) is 0 Å². The molecule has 0 aliphatic carbocycles. The number of fused-ring (bicyclic) bond motifs is 3. The first-order valence-corrected chi connectivity index (χ1v) is 18.0. The molecular formula is C48H30N6O. The second-order valence-corrected chi connectivity index (χ2v) is 13.2. The van der Waals surface area contributed by atoms with Gasteiger partial charge in [0.05, 0.1) is 5.39 Å². The van der Waals surface area contributed by atoms with Crippen LogP contribution in [-0.4, -0.2) is 29.9 Å². The van der Waals surface area contributed by atoms with Crippen molar-refractivity contribution in [2.75, 3.05) is 0 Å². The third kappa shape index (κ3) is 6.19. The molecule has 0 fully saturated rings. The van der Waals surface area contributed by atoms with Crippen molar-refractivity contribution in [2.24, 2.45) is 0 Å². The molecule has 10 rings (SSSR count). The summed E-state index contributed by atoms with van der Waals surface area (Å²) in [6.07, 6.45) is 3.42. The van der Waals surface area contributed by atoms with Crippen LogP contribution in [0, 0.1) is 0 Å². The Morgan fingerprint density at radius 3 is 1.40 bits per heavy atom. The van der Waals surface area contributed by atoms with Crippen molar-refractivity contribution in [1.82, 2.24) is 29.9 Å². The fourth-order valence-electron chi connectivity index (χ4n) is 6.91. The predicted octanol–water partition coefficient (Wildman–Crippen LogP) is 11.6. The van der Waals surface area contributed by atoms with Crippen LogP contribution in [0.4, 0.5) is 0 Å². The zero-order valence-electron chi connectivity index (χ0n) is 29.4. The van der Waals surface area contributed by atoms with E-state index in [1.165, 1.54) is 0 Å². The molecule has 7 nitrogen and oxygen atoms in total. The van der Waals surface area contributed by atoms with E-state index in [9.17, 15) is 0 Å². The van der Waals surface area contributed by atoms with Gasteiger partial charge in [0.25, 0.3) is 0 Å². The van der Waals surface area contributed by atoms with Crippen LogP contribution in [0.5, 0.6) is 0 Å². The van der Waals surface area contributed by atoms with E-state index in [1.54, 1.807) is 6.33 Å². The van der Waals surface area contributed by atoms with E-state index in [1.807, 2.05) is 97.2 Å². The molecule has 258 valence electrons. The Labute approximate surface area is 316 Å². The third-order valence-electron chi connectivity index (χ3n) is 9.75. The number of hydrogen-bond donors (Lipinski definition) is 0. The number of pyridine rings is 1. The van der Waals surface area contributed by atoms with E-state index < -0.39 is 0 Å². The van der Waals surface area contributed by atoms with Gasteiger partial charge in [-0.2, -0.15) is 0 Å². The summed E-state index contributed by atoms with van der Waals surface area (Å²) in [4.78, 5) is 28.8. The molecule has 0 N–H and O–H groups in total. The fourth-order valence-corrected chi connectivity index (χ4v) is 6.91. The highest BCUT2D eigenvalue weighted by atomic mass is 16.3. The van der Waals surface area contributed by atoms with Gasteiger partial charge in [-0.1, -0.05) is 158 Å². The van der Waals surface area contributed by atoms with Gasteiger partial charge in [0.15, 0.2) is 23.1 Å². The molecule has 6 aromatic carbocycles. The van der Waals surface area contributed by atoms with Gasteiger partial charge in [-0.05, 0) is 39.9 Å². The van der Waals surface area contributed by atoms with Crippen LogP contribution < -0.4 is 0 Å². The maximum Gasteiger partial charge on any atom is 0.229 e. The molecule has 0 unspecified atom stereocenters. The topological polar surface area (TPSA) is 90.5 Å². The zero-order valence-corrected chi connectivity index (χ0v) is 29.4. The van der Waals surface area contributed by atoms with Crippen molar-refractivity contribution in [3.8, 4) is 78.8 Å². The van der Waals surface area contributed by atoms with Gasteiger partial charge in [-0.3, -0.25) is 0 Å². The standard InChI is InChI=1S/C48H30N6O/c1-4-11-31(12-5-1)33-19-23-36(24-20-33)46-52-45(35-15-8-3-9-16-35)53-47(54-46)37-25-21-34(22-26-37)40-28-41-43-44(55-48(41)49-29-40)42(50-30-51-43)39-18-10-17-38(27-39)32-13-6-2-7-14-32/h1-30H. The maximum atomic E-state index is 6.32. The quantitative estimate of drug-likeness (QED) is 0.163. The highest BCUT2D eigenvalue weighted by Gasteiger charge is 2.18. The minimum absolute atomic E-state index is 0.513. The van der Waals surface area contributed by atoms with Gasteiger partial charge in [0, 0.05) is 34.0 Å². The van der Waals surface area contributed by atoms with Crippen molar-refractivity contribution < 1.29 is 4.42 Å². The van der Waals surface area contributed by atoms with Gasteiger partial charge in [-0.15, -0.1) is 0 Å². The summed E-state index contributed by atoms with van der Waals surface area (Å²) >= 11 is 0. The van der Waals surface area contributed by atoms with Gasteiger partial charge >= 0.3 is 0 Å². The number of aromatic nitrogens is 6. The number of benzene rings is 6. The first-order chi connectivity index (χ1) is 27.2. The van der Waals surface area contributed by atoms with E-state index in [-0.39, 0.29) is 0 Å². The average molecular weight is 707 g/mol.